The van der Waals surface area contributed by atoms with E-state index in [1.54, 1.807) is 46.2 Å². The number of benzene rings is 2. The zero-order chi connectivity index (χ0) is 22.7. The Labute approximate surface area is 184 Å². The molecule has 1 fully saturated rings. The van der Waals surface area contributed by atoms with Crippen LogP contribution >= 0.6 is 0 Å². The maximum atomic E-state index is 12.5. The number of para-hydroxylation sites is 1. The number of ether oxygens (including phenoxy) is 2. The van der Waals surface area contributed by atoms with Gasteiger partial charge in [0.1, 0.15) is 5.75 Å². The van der Waals surface area contributed by atoms with Gasteiger partial charge >= 0.3 is 5.63 Å². The molecule has 2 heterocycles. The monoisotopic (exact) mass is 436 g/mol. The number of hydrogen-bond acceptors (Lipinski definition) is 6. The summed E-state index contributed by atoms with van der Waals surface area (Å²) >= 11 is 0. The van der Waals surface area contributed by atoms with Gasteiger partial charge < -0.3 is 23.7 Å². The van der Waals surface area contributed by atoms with Gasteiger partial charge in [-0.15, -0.1) is 0 Å². The molecule has 8 nitrogen and oxygen atoms in total. The average molecular weight is 436 g/mol. The molecule has 1 saturated heterocycles. The lowest BCUT2D eigenvalue weighted by molar-refractivity contribution is -0.139. The predicted octanol–water partition coefficient (Wildman–Crippen LogP) is 2.54. The summed E-state index contributed by atoms with van der Waals surface area (Å²) in [6.45, 7) is 3.53. The fourth-order valence-corrected chi connectivity index (χ4v) is 3.72. The smallest absolute Gasteiger partial charge is 0.344 e. The first-order valence-corrected chi connectivity index (χ1v) is 10.3. The lowest BCUT2D eigenvalue weighted by atomic mass is 10.1. The molecule has 0 saturated carbocycles. The van der Waals surface area contributed by atoms with Gasteiger partial charge in [-0.25, -0.2) is 4.79 Å². The molecule has 1 aromatic heterocycles. The predicted molar refractivity (Wildman–Crippen MR) is 119 cm³/mol. The van der Waals surface area contributed by atoms with Crippen molar-refractivity contribution in [3.05, 3.63) is 59.0 Å². The van der Waals surface area contributed by atoms with E-state index in [-0.39, 0.29) is 18.4 Å². The van der Waals surface area contributed by atoms with Crippen LogP contribution in [0.1, 0.15) is 6.92 Å². The second-order valence-corrected chi connectivity index (χ2v) is 7.53. The van der Waals surface area contributed by atoms with Crippen LogP contribution in [0.4, 0.5) is 0 Å². The summed E-state index contributed by atoms with van der Waals surface area (Å²) in [4.78, 5) is 39.7. The highest BCUT2D eigenvalue weighted by Gasteiger charge is 2.22. The molecule has 0 atom stereocenters. The van der Waals surface area contributed by atoms with Crippen LogP contribution in [0.2, 0.25) is 0 Å². The van der Waals surface area contributed by atoms with Crippen LogP contribution in [0, 0.1) is 0 Å². The largest absolute Gasteiger partial charge is 0.493 e. The topological polar surface area (TPSA) is 89.3 Å². The summed E-state index contributed by atoms with van der Waals surface area (Å²) in [7, 11) is 1.53. The maximum Gasteiger partial charge on any atom is 0.344 e. The average Bonchev–Trinajstić information content (AvgIpc) is 2.82. The Hall–Kier alpha value is -3.81. The normalized spacial score (nSPS) is 13.8. The highest BCUT2D eigenvalue weighted by molar-refractivity contribution is 5.86. The number of carbonyl (C=O) groups excluding carboxylic acids is 2. The molecule has 32 heavy (non-hydrogen) atoms. The fraction of sp³-hybridized carbons (Fsp3) is 0.292. The summed E-state index contributed by atoms with van der Waals surface area (Å²) in [5.74, 6) is 0.924. The van der Waals surface area contributed by atoms with Crippen molar-refractivity contribution in [2.75, 3.05) is 39.9 Å². The molecule has 0 spiro atoms. The van der Waals surface area contributed by atoms with Crippen LogP contribution in [0.3, 0.4) is 0 Å². The Bertz CT molecular complexity index is 1190. The third kappa shape index (κ3) is 4.44. The number of nitrogens with zero attached hydrogens (tertiary/aromatic N) is 2. The zero-order valence-electron chi connectivity index (χ0n) is 18.0. The fourth-order valence-electron chi connectivity index (χ4n) is 3.72. The van der Waals surface area contributed by atoms with Gasteiger partial charge in [-0.2, -0.15) is 0 Å². The van der Waals surface area contributed by atoms with Gasteiger partial charge in [-0.05, 0) is 29.8 Å². The third-order valence-corrected chi connectivity index (χ3v) is 5.55. The van der Waals surface area contributed by atoms with Crippen molar-refractivity contribution in [1.82, 2.24) is 9.80 Å². The molecule has 0 radical (unpaired) electrons. The van der Waals surface area contributed by atoms with E-state index in [9.17, 15) is 14.4 Å². The van der Waals surface area contributed by atoms with Crippen molar-refractivity contribution in [3.8, 4) is 22.6 Å². The first kappa shape index (κ1) is 21.4. The van der Waals surface area contributed by atoms with Crippen LogP contribution in [-0.4, -0.2) is 61.5 Å². The summed E-state index contributed by atoms with van der Waals surface area (Å²) in [6.07, 6.45) is 0. The Balaban J connectivity index is 1.41. The van der Waals surface area contributed by atoms with Crippen molar-refractivity contribution >= 4 is 22.8 Å². The van der Waals surface area contributed by atoms with Gasteiger partial charge in [0.15, 0.2) is 17.9 Å². The van der Waals surface area contributed by atoms with Crippen molar-refractivity contribution in [2.45, 2.75) is 6.92 Å². The number of hydrogen-bond donors (Lipinski definition) is 0. The van der Waals surface area contributed by atoms with Gasteiger partial charge in [0.25, 0.3) is 5.91 Å². The highest BCUT2D eigenvalue weighted by Crippen LogP contribution is 2.28. The molecule has 2 amide bonds. The van der Waals surface area contributed by atoms with E-state index < -0.39 is 5.63 Å². The quantitative estimate of drug-likeness (QED) is 0.571. The van der Waals surface area contributed by atoms with Crippen molar-refractivity contribution in [1.29, 1.82) is 0 Å². The Morgan fingerprint density at radius 1 is 1.00 bits per heavy atom. The van der Waals surface area contributed by atoms with Gasteiger partial charge in [-0.3, -0.25) is 9.59 Å². The Morgan fingerprint density at radius 3 is 2.34 bits per heavy atom. The number of fused-ring (bicyclic) bond motifs is 1. The molecule has 1 aliphatic rings. The molecule has 0 aliphatic carbocycles. The molecule has 0 N–H and O–H groups in total. The number of methoxy groups -OCH3 is 1. The third-order valence-electron chi connectivity index (χ3n) is 5.55. The number of rotatable bonds is 5. The molecule has 1 aliphatic heterocycles. The minimum absolute atomic E-state index is 0.0213. The van der Waals surface area contributed by atoms with Gasteiger partial charge in [-0.1, -0.05) is 24.3 Å². The lowest BCUT2D eigenvalue weighted by Crippen LogP contribution is -2.51. The Morgan fingerprint density at radius 2 is 1.69 bits per heavy atom. The van der Waals surface area contributed by atoms with E-state index >= 15 is 0 Å². The van der Waals surface area contributed by atoms with Crippen LogP contribution < -0.4 is 15.1 Å². The molecular weight excluding hydrogens is 412 g/mol. The van der Waals surface area contributed by atoms with Crippen LogP contribution in [-0.2, 0) is 9.59 Å². The van der Waals surface area contributed by atoms with E-state index in [0.717, 1.165) is 5.39 Å². The second kappa shape index (κ2) is 9.13. The first-order valence-electron chi connectivity index (χ1n) is 10.3. The number of amides is 2. The molecule has 0 bridgehead atoms. The molecule has 0 unspecified atom stereocenters. The van der Waals surface area contributed by atoms with E-state index in [1.807, 2.05) is 12.1 Å². The zero-order valence-corrected chi connectivity index (χ0v) is 18.0. The standard InChI is InChI=1S/C24H24N2O6/c1-16(27)25-10-12-26(13-11-25)22(28)15-31-19-8-6-17(7-9-19)20-14-18-4-3-5-21(30-2)23(18)32-24(20)29/h3-9,14H,10-13,15H2,1-2H3. The van der Waals surface area contributed by atoms with E-state index in [4.69, 9.17) is 13.9 Å². The summed E-state index contributed by atoms with van der Waals surface area (Å²) in [5.41, 5.74) is 1.06. The second-order valence-electron chi connectivity index (χ2n) is 7.53. The van der Waals surface area contributed by atoms with E-state index in [1.165, 1.54) is 14.0 Å². The first-order chi connectivity index (χ1) is 15.5. The van der Waals surface area contributed by atoms with Gasteiger partial charge in [0, 0.05) is 38.5 Å². The van der Waals surface area contributed by atoms with E-state index in [2.05, 4.69) is 0 Å². The van der Waals surface area contributed by atoms with Crippen LogP contribution in [0.5, 0.6) is 11.5 Å². The molecule has 3 aromatic rings. The van der Waals surface area contributed by atoms with Crippen LogP contribution in [0.15, 0.2) is 57.7 Å². The van der Waals surface area contributed by atoms with Gasteiger partial charge in [0.05, 0.1) is 12.7 Å². The number of carbonyl (C=O) groups is 2. The summed E-state index contributed by atoms with van der Waals surface area (Å²) < 4.78 is 16.4. The summed E-state index contributed by atoms with van der Waals surface area (Å²) in [6, 6.07) is 14.1. The van der Waals surface area contributed by atoms with Crippen molar-refractivity contribution in [3.63, 3.8) is 0 Å². The minimum Gasteiger partial charge on any atom is -0.493 e. The maximum absolute atomic E-state index is 12.5. The highest BCUT2D eigenvalue weighted by atomic mass is 16.5. The SMILES string of the molecule is COc1cccc2cc(-c3ccc(OCC(=O)N4CCN(C(C)=O)CC4)cc3)c(=O)oc12. The molecule has 4 rings (SSSR count). The van der Waals surface area contributed by atoms with E-state index in [0.29, 0.717) is 54.4 Å². The van der Waals surface area contributed by atoms with Crippen molar-refractivity contribution < 1.29 is 23.5 Å². The summed E-state index contributed by atoms with van der Waals surface area (Å²) in [5, 5.41) is 0.759. The molecule has 8 heteroatoms. The molecule has 166 valence electrons. The molecule has 2 aromatic carbocycles. The number of piperazine rings is 1. The molecular formula is C24H24N2O6. The van der Waals surface area contributed by atoms with Gasteiger partial charge in [0.2, 0.25) is 5.91 Å². The van der Waals surface area contributed by atoms with Crippen molar-refractivity contribution in [2.24, 2.45) is 0 Å². The lowest BCUT2D eigenvalue weighted by Gasteiger charge is -2.34. The van der Waals surface area contributed by atoms with Crippen LogP contribution in [0.25, 0.3) is 22.1 Å². The minimum atomic E-state index is -0.462. The Kier molecular flexibility index (Phi) is 6.11.